The molecule has 2 aromatic rings. The number of nitrogen functional groups attached to an aromatic ring is 1. The number of nitrogens with zero attached hydrogens (tertiary/aromatic N) is 2. The number of anilines is 1. The van der Waals surface area contributed by atoms with Gasteiger partial charge in [0.25, 0.3) is 0 Å². The molecular formula is C14H15N3. The molecule has 1 aromatic heterocycles. The van der Waals surface area contributed by atoms with Gasteiger partial charge in [-0.25, -0.2) is 9.97 Å². The summed E-state index contributed by atoms with van der Waals surface area (Å²) in [5.41, 5.74) is 9.19. The average molecular weight is 225 g/mol. The van der Waals surface area contributed by atoms with Crippen LogP contribution < -0.4 is 5.73 Å². The fourth-order valence-electron chi connectivity index (χ4n) is 1.99. The van der Waals surface area contributed by atoms with Crippen molar-refractivity contribution >= 4 is 5.82 Å². The molecule has 1 saturated carbocycles. The molecule has 0 spiro atoms. The molecule has 17 heavy (non-hydrogen) atoms. The number of rotatable bonds is 2. The first-order valence-corrected chi connectivity index (χ1v) is 5.94. The number of nitrogens with two attached hydrogens (primary N) is 1. The van der Waals surface area contributed by atoms with E-state index < -0.39 is 0 Å². The van der Waals surface area contributed by atoms with Crippen LogP contribution in [0.4, 0.5) is 5.82 Å². The van der Waals surface area contributed by atoms with Crippen molar-refractivity contribution in [3.8, 4) is 11.4 Å². The van der Waals surface area contributed by atoms with E-state index in [-0.39, 0.29) is 0 Å². The van der Waals surface area contributed by atoms with Gasteiger partial charge in [0.05, 0.1) is 0 Å². The second-order valence-corrected chi connectivity index (χ2v) is 4.69. The van der Waals surface area contributed by atoms with Crippen LogP contribution in [0.1, 0.15) is 30.0 Å². The zero-order chi connectivity index (χ0) is 11.8. The van der Waals surface area contributed by atoms with Crippen LogP contribution in [0.3, 0.4) is 0 Å². The Morgan fingerprint density at radius 1 is 1.18 bits per heavy atom. The highest BCUT2D eigenvalue weighted by Gasteiger charge is 2.26. The molecule has 1 heterocycles. The third-order valence-corrected chi connectivity index (χ3v) is 3.04. The van der Waals surface area contributed by atoms with Gasteiger partial charge in [0.1, 0.15) is 5.82 Å². The Bertz CT molecular complexity index is 559. The van der Waals surface area contributed by atoms with Gasteiger partial charge < -0.3 is 5.73 Å². The number of hydrogen-bond acceptors (Lipinski definition) is 3. The van der Waals surface area contributed by atoms with Crippen molar-refractivity contribution < 1.29 is 0 Å². The molecule has 1 aromatic carbocycles. The first kappa shape index (κ1) is 10.3. The molecule has 3 rings (SSSR count). The van der Waals surface area contributed by atoms with Crippen molar-refractivity contribution in [2.45, 2.75) is 25.7 Å². The summed E-state index contributed by atoms with van der Waals surface area (Å²) in [7, 11) is 0. The van der Waals surface area contributed by atoms with Gasteiger partial charge in [0, 0.05) is 23.2 Å². The molecule has 0 radical (unpaired) electrons. The maximum atomic E-state index is 5.85. The smallest absolute Gasteiger partial charge is 0.161 e. The molecule has 86 valence electrons. The SMILES string of the molecule is Cc1cccc(-c2nc(N)cc(C3CC3)n2)c1. The zero-order valence-corrected chi connectivity index (χ0v) is 9.85. The van der Waals surface area contributed by atoms with E-state index in [2.05, 4.69) is 29.0 Å². The van der Waals surface area contributed by atoms with Crippen LogP contribution in [0.5, 0.6) is 0 Å². The van der Waals surface area contributed by atoms with E-state index in [4.69, 9.17) is 5.73 Å². The van der Waals surface area contributed by atoms with Crippen molar-refractivity contribution in [1.82, 2.24) is 9.97 Å². The Morgan fingerprint density at radius 3 is 2.71 bits per heavy atom. The summed E-state index contributed by atoms with van der Waals surface area (Å²) in [4.78, 5) is 8.94. The molecule has 3 nitrogen and oxygen atoms in total. The highest BCUT2D eigenvalue weighted by atomic mass is 15.0. The minimum Gasteiger partial charge on any atom is -0.384 e. The topological polar surface area (TPSA) is 51.8 Å². The minimum atomic E-state index is 0.568. The van der Waals surface area contributed by atoms with Crippen LogP contribution >= 0.6 is 0 Å². The minimum absolute atomic E-state index is 0.568. The van der Waals surface area contributed by atoms with E-state index in [1.807, 2.05) is 18.2 Å². The van der Waals surface area contributed by atoms with Crippen molar-refractivity contribution in [2.75, 3.05) is 5.73 Å². The Labute approximate surface area is 101 Å². The predicted octanol–water partition coefficient (Wildman–Crippen LogP) is 2.91. The standard InChI is InChI=1S/C14H15N3/c1-9-3-2-4-11(7-9)14-16-12(10-5-6-10)8-13(15)17-14/h2-4,7-8,10H,5-6H2,1H3,(H2,15,16,17). The Morgan fingerprint density at radius 2 is 2.00 bits per heavy atom. The molecular weight excluding hydrogens is 210 g/mol. The molecule has 0 atom stereocenters. The van der Waals surface area contributed by atoms with Crippen molar-refractivity contribution in [3.05, 3.63) is 41.6 Å². The lowest BCUT2D eigenvalue weighted by Gasteiger charge is -2.05. The second-order valence-electron chi connectivity index (χ2n) is 4.69. The number of aryl methyl sites for hydroxylation is 1. The quantitative estimate of drug-likeness (QED) is 0.855. The lowest BCUT2D eigenvalue weighted by Crippen LogP contribution is -1.99. The maximum Gasteiger partial charge on any atom is 0.161 e. The highest BCUT2D eigenvalue weighted by molar-refractivity contribution is 5.58. The van der Waals surface area contributed by atoms with Crippen LogP contribution in [0.15, 0.2) is 30.3 Å². The molecule has 0 bridgehead atoms. The van der Waals surface area contributed by atoms with Gasteiger partial charge in [0.2, 0.25) is 0 Å². The first-order chi connectivity index (χ1) is 8.22. The second kappa shape index (κ2) is 3.84. The van der Waals surface area contributed by atoms with Gasteiger partial charge in [-0.05, 0) is 25.8 Å². The summed E-state index contributed by atoms with van der Waals surface area (Å²) in [5, 5.41) is 0. The molecule has 1 aliphatic rings. The molecule has 0 amide bonds. The fourth-order valence-corrected chi connectivity index (χ4v) is 1.99. The van der Waals surface area contributed by atoms with E-state index in [1.165, 1.54) is 18.4 Å². The Kier molecular flexibility index (Phi) is 2.32. The molecule has 2 N–H and O–H groups in total. The fraction of sp³-hybridized carbons (Fsp3) is 0.286. The third-order valence-electron chi connectivity index (χ3n) is 3.04. The van der Waals surface area contributed by atoms with E-state index in [0.717, 1.165) is 17.1 Å². The van der Waals surface area contributed by atoms with E-state index in [1.54, 1.807) is 0 Å². The van der Waals surface area contributed by atoms with Crippen LogP contribution in [0.2, 0.25) is 0 Å². The summed E-state index contributed by atoms with van der Waals surface area (Å²) < 4.78 is 0. The number of benzene rings is 1. The normalized spacial score (nSPS) is 14.9. The van der Waals surface area contributed by atoms with Crippen LogP contribution in [-0.2, 0) is 0 Å². The number of aromatic nitrogens is 2. The van der Waals surface area contributed by atoms with Gasteiger partial charge in [0.15, 0.2) is 5.82 Å². The van der Waals surface area contributed by atoms with Gasteiger partial charge in [-0.3, -0.25) is 0 Å². The summed E-state index contributed by atoms with van der Waals surface area (Å²) in [5.74, 6) is 1.91. The van der Waals surface area contributed by atoms with E-state index in [9.17, 15) is 0 Å². The van der Waals surface area contributed by atoms with Gasteiger partial charge >= 0.3 is 0 Å². The summed E-state index contributed by atoms with van der Waals surface area (Å²) in [6, 6.07) is 10.1. The number of hydrogen-bond donors (Lipinski definition) is 1. The van der Waals surface area contributed by atoms with E-state index >= 15 is 0 Å². The van der Waals surface area contributed by atoms with Crippen molar-refractivity contribution in [2.24, 2.45) is 0 Å². The van der Waals surface area contributed by atoms with Gasteiger partial charge in [-0.1, -0.05) is 23.8 Å². The van der Waals surface area contributed by atoms with Gasteiger partial charge in [-0.2, -0.15) is 0 Å². The first-order valence-electron chi connectivity index (χ1n) is 5.94. The maximum absolute atomic E-state index is 5.85. The van der Waals surface area contributed by atoms with E-state index in [0.29, 0.717) is 11.7 Å². The lowest BCUT2D eigenvalue weighted by atomic mass is 10.1. The Balaban J connectivity index is 2.07. The van der Waals surface area contributed by atoms with Crippen LogP contribution in [0.25, 0.3) is 11.4 Å². The lowest BCUT2D eigenvalue weighted by molar-refractivity contribution is 0.998. The van der Waals surface area contributed by atoms with Crippen LogP contribution in [0, 0.1) is 6.92 Å². The van der Waals surface area contributed by atoms with Gasteiger partial charge in [-0.15, -0.1) is 0 Å². The largest absolute Gasteiger partial charge is 0.384 e. The average Bonchev–Trinajstić information content (AvgIpc) is 3.12. The molecule has 1 aliphatic carbocycles. The molecule has 1 fully saturated rings. The summed E-state index contributed by atoms with van der Waals surface area (Å²) >= 11 is 0. The van der Waals surface area contributed by atoms with Crippen molar-refractivity contribution in [3.63, 3.8) is 0 Å². The molecule has 0 unspecified atom stereocenters. The monoisotopic (exact) mass is 225 g/mol. The summed E-state index contributed by atoms with van der Waals surface area (Å²) in [6.45, 7) is 2.07. The Hall–Kier alpha value is -1.90. The highest BCUT2D eigenvalue weighted by Crippen LogP contribution is 2.39. The molecule has 0 aliphatic heterocycles. The molecule has 3 heteroatoms. The molecule has 0 saturated heterocycles. The zero-order valence-electron chi connectivity index (χ0n) is 9.85. The summed E-state index contributed by atoms with van der Waals surface area (Å²) in [6.07, 6.45) is 2.45. The third kappa shape index (κ3) is 2.13. The van der Waals surface area contributed by atoms with Crippen molar-refractivity contribution in [1.29, 1.82) is 0 Å². The predicted molar refractivity (Wildman–Crippen MR) is 68.6 cm³/mol. The van der Waals surface area contributed by atoms with Crippen LogP contribution in [-0.4, -0.2) is 9.97 Å².